The smallest absolute Gasteiger partial charge is 0.124 e. The third kappa shape index (κ3) is 2.51. The lowest BCUT2D eigenvalue weighted by atomic mass is 10.1. The average molecular weight is 267 g/mol. The van der Waals surface area contributed by atoms with Gasteiger partial charge in [0.25, 0.3) is 0 Å². The van der Waals surface area contributed by atoms with E-state index in [2.05, 4.69) is 61.3 Å². The number of aryl methyl sites for hydroxylation is 2. The lowest BCUT2D eigenvalue weighted by Crippen LogP contribution is -2.12. The van der Waals surface area contributed by atoms with E-state index in [1.165, 1.54) is 22.5 Å². The molecule has 0 aliphatic carbocycles. The highest BCUT2D eigenvalue weighted by molar-refractivity contribution is 5.65. The van der Waals surface area contributed by atoms with Gasteiger partial charge in [-0.25, -0.2) is 0 Å². The number of fused-ring (bicyclic) bond motifs is 1. The minimum Gasteiger partial charge on any atom is -0.493 e. The first-order valence-electron chi connectivity index (χ1n) is 7.36. The molecule has 20 heavy (non-hydrogen) atoms. The molecule has 3 rings (SSSR count). The van der Waals surface area contributed by atoms with E-state index in [9.17, 15) is 0 Å². The molecule has 2 aromatic rings. The summed E-state index contributed by atoms with van der Waals surface area (Å²) in [6.07, 6.45) is 3.34. The Hall–Kier alpha value is -1.96. The average Bonchev–Trinajstić information content (AvgIpc) is 2.54. The lowest BCUT2D eigenvalue weighted by molar-refractivity contribution is 0.288. The van der Waals surface area contributed by atoms with E-state index in [1.807, 2.05) is 0 Å². The number of hydrogen-bond donors (Lipinski definition) is 0. The Morgan fingerprint density at radius 3 is 2.55 bits per heavy atom. The molecule has 0 aromatic heterocycles. The maximum atomic E-state index is 5.76. The summed E-state index contributed by atoms with van der Waals surface area (Å²) in [7, 11) is 2.10. The van der Waals surface area contributed by atoms with Crippen LogP contribution in [0.5, 0.6) is 5.75 Å². The van der Waals surface area contributed by atoms with Crippen LogP contribution in [0, 0.1) is 0 Å². The topological polar surface area (TPSA) is 12.5 Å². The quantitative estimate of drug-likeness (QED) is 0.820. The van der Waals surface area contributed by atoms with Gasteiger partial charge in [0.1, 0.15) is 5.75 Å². The molecule has 0 bridgehead atoms. The van der Waals surface area contributed by atoms with Gasteiger partial charge in [0.05, 0.1) is 6.61 Å². The number of hydrogen-bond acceptors (Lipinski definition) is 2. The summed E-state index contributed by atoms with van der Waals surface area (Å²) in [5.41, 5.74) is 5.08. The minimum atomic E-state index is 0.839. The number of rotatable bonds is 3. The van der Waals surface area contributed by atoms with Crippen LogP contribution < -0.4 is 9.64 Å². The number of ether oxygens (including phenoxy) is 1. The van der Waals surface area contributed by atoms with Crippen molar-refractivity contribution in [2.45, 2.75) is 26.2 Å². The molecule has 2 aromatic carbocycles. The van der Waals surface area contributed by atoms with E-state index in [4.69, 9.17) is 4.74 Å². The predicted octanol–water partition coefficient (Wildman–Crippen LogP) is 4.34. The molecule has 0 spiro atoms. The minimum absolute atomic E-state index is 0.839. The molecule has 0 saturated carbocycles. The van der Waals surface area contributed by atoms with Crippen LogP contribution in [0.4, 0.5) is 11.4 Å². The second-order valence-corrected chi connectivity index (χ2v) is 5.32. The molecule has 2 nitrogen and oxygen atoms in total. The zero-order valence-electron chi connectivity index (χ0n) is 12.2. The molecule has 1 heterocycles. The summed E-state index contributed by atoms with van der Waals surface area (Å²) in [4.78, 5) is 2.21. The first-order chi connectivity index (χ1) is 9.78. The Bertz CT molecular complexity index is 589. The fourth-order valence-electron chi connectivity index (χ4n) is 2.64. The highest BCUT2D eigenvalue weighted by atomic mass is 16.5. The third-order valence-electron chi connectivity index (χ3n) is 4.02. The molecule has 0 atom stereocenters. The summed E-state index contributed by atoms with van der Waals surface area (Å²) in [5.74, 6) is 1.05. The molecule has 0 N–H and O–H groups in total. The molecule has 0 fully saturated rings. The Labute approximate surface area is 121 Å². The summed E-state index contributed by atoms with van der Waals surface area (Å²) in [6.45, 7) is 3.02. The first-order valence-corrected chi connectivity index (χ1v) is 7.36. The Morgan fingerprint density at radius 1 is 1.05 bits per heavy atom. The highest BCUT2D eigenvalue weighted by Gasteiger charge is 2.12. The summed E-state index contributed by atoms with van der Waals surface area (Å²) >= 11 is 0. The summed E-state index contributed by atoms with van der Waals surface area (Å²) in [6, 6.07) is 15.3. The van der Waals surface area contributed by atoms with E-state index in [0.717, 1.165) is 31.6 Å². The van der Waals surface area contributed by atoms with Gasteiger partial charge in [-0.3, -0.25) is 0 Å². The SMILES string of the molecule is CCc1ccc(N(C)c2ccc3c(c2)OCCC3)cc1. The second kappa shape index (κ2) is 5.58. The number of nitrogens with zero attached hydrogens (tertiary/aromatic N) is 1. The Balaban J connectivity index is 1.87. The van der Waals surface area contributed by atoms with Gasteiger partial charge in [-0.1, -0.05) is 25.1 Å². The van der Waals surface area contributed by atoms with Crippen molar-refractivity contribution < 1.29 is 4.74 Å². The van der Waals surface area contributed by atoms with Crippen molar-refractivity contribution in [3.05, 3.63) is 53.6 Å². The van der Waals surface area contributed by atoms with Gasteiger partial charge in [0.2, 0.25) is 0 Å². The van der Waals surface area contributed by atoms with Crippen LogP contribution in [0.15, 0.2) is 42.5 Å². The van der Waals surface area contributed by atoms with Crippen molar-refractivity contribution in [1.82, 2.24) is 0 Å². The predicted molar refractivity (Wildman–Crippen MR) is 84.1 cm³/mol. The van der Waals surface area contributed by atoms with E-state index < -0.39 is 0 Å². The molecule has 1 aliphatic heterocycles. The van der Waals surface area contributed by atoms with Crippen molar-refractivity contribution in [2.75, 3.05) is 18.6 Å². The molecule has 0 amide bonds. The van der Waals surface area contributed by atoms with Crippen LogP contribution >= 0.6 is 0 Å². The van der Waals surface area contributed by atoms with Gasteiger partial charge >= 0.3 is 0 Å². The number of anilines is 2. The maximum absolute atomic E-state index is 5.76. The summed E-state index contributed by atoms with van der Waals surface area (Å²) < 4.78 is 5.76. The third-order valence-corrected chi connectivity index (χ3v) is 4.02. The van der Waals surface area contributed by atoms with Gasteiger partial charge in [-0.15, -0.1) is 0 Å². The van der Waals surface area contributed by atoms with E-state index in [0.29, 0.717) is 0 Å². The molecule has 2 heteroatoms. The van der Waals surface area contributed by atoms with Crippen molar-refractivity contribution in [3.63, 3.8) is 0 Å². The van der Waals surface area contributed by atoms with Gasteiger partial charge in [-0.05, 0) is 48.6 Å². The first kappa shape index (κ1) is 13.0. The van der Waals surface area contributed by atoms with Crippen LogP contribution in [0.2, 0.25) is 0 Å². The van der Waals surface area contributed by atoms with Crippen LogP contribution in [-0.2, 0) is 12.8 Å². The van der Waals surface area contributed by atoms with Crippen LogP contribution in [0.1, 0.15) is 24.5 Å². The summed E-state index contributed by atoms with van der Waals surface area (Å²) in [5, 5.41) is 0. The van der Waals surface area contributed by atoms with Crippen molar-refractivity contribution in [2.24, 2.45) is 0 Å². The highest BCUT2D eigenvalue weighted by Crippen LogP contribution is 2.32. The van der Waals surface area contributed by atoms with Crippen molar-refractivity contribution >= 4 is 11.4 Å². The van der Waals surface area contributed by atoms with Crippen LogP contribution in [-0.4, -0.2) is 13.7 Å². The largest absolute Gasteiger partial charge is 0.493 e. The van der Waals surface area contributed by atoms with Gasteiger partial charge in [0, 0.05) is 24.5 Å². The molecule has 0 saturated heterocycles. The Kier molecular flexibility index (Phi) is 3.64. The van der Waals surface area contributed by atoms with Gasteiger partial charge in [0.15, 0.2) is 0 Å². The van der Waals surface area contributed by atoms with E-state index >= 15 is 0 Å². The fourth-order valence-corrected chi connectivity index (χ4v) is 2.64. The fraction of sp³-hybridized carbons (Fsp3) is 0.333. The number of benzene rings is 2. The second-order valence-electron chi connectivity index (χ2n) is 5.32. The van der Waals surface area contributed by atoms with Crippen molar-refractivity contribution in [3.8, 4) is 5.75 Å². The monoisotopic (exact) mass is 267 g/mol. The Morgan fingerprint density at radius 2 is 1.80 bits per heavy atom. The zero-order chi connectivity index (χ0) is 13.9. The molecule has 104 valence electrons. The molecule has 0 unspecified atom stereocenters. The molecule has 0 radical (unpaired) electrons. The van der Waals surface area contributed by atoms with Crippen LogP contribution in [0.3, 0.4) is 0 Å². The molecular formula is C18H21NO. The van der Waals surface area contributed by atoms with E-state index in [-0.39, 0.29) is 0 Å². The molecule has 1 aliphatic rings. The van der Waals surface area contributed by atoms with Crippen molar-refractivity contribution in [1.29, 1.82) is 0 Å². The lowest BCUT2D eigenvalue weighted by Gasteiger charge is -2.23. The maximum Gasteiger partial charge on any atom is 0.124 e. The van der Waals surface area contributed by atoms with Crippen LogP contribution in [0.25, 0.3) is 0 Å². The normalized spacial score (nSPS) is 13.5. The van der Waals surface area contributed by atoms with Gasteiger partial charge in [-0.2, -0.15) is 0 Å². The molecular weight excluding hydrogens is 246 g/mol. The van der Waals surface area contributed by atoms with E-state index in [1.54, 1.807) is 0 Å². The van der Waals surface area contributed by atoms with Gasteiger partial charge < -0.3 is 9.64 Å². The zero-order valence-corrected chi connectivity index (χ0v) is 12.2. The standard InChI is InChI=1S/C18H21NO/c1-3-14-6-9-16(10-7-14)19(2)17-11-8-15-5-4-12-20-18(15)13-17/h6-11,13H,3-5,12H2,1-2H3.